The number of pyridine rings is 1. The summed E-state index contributed by atoms with van der Waals surface area (Å²) in [4.78, 5) is 27.2. The molecule has 5 N–H and O–H groups in total. The highest BCUT2D eigenvalue weighted by atomic mass is 16.4. The van der Waals surface area contributed by atoms with Crippen LogP contribution < -0.4 is 16.4 Å². The molecule has 8 heteroatoms. The molecule has 0 aliphatic carbocycles. The molecule has 1 atom stereocenters. The lowest BCUT2D eigenvalue weighted by Gasteiger charge is -2.14. The maximum atomic E-state index is 11.7. The molecule has 0 saturated heterocycles. The van der Waals surface area contributed by atoms with Crippen LogP contribution in [0.3, 0.4) is 0 Å². The number of benzene rings is 1. The smallest absolute Gasteiger partial charge is 0.404 e. The fourth-order valence-electron chi connectivity index (χ4n) is 3.05. The number of nitrogens with zero attached hydrogens (tertiary/aromatic N) is 2. The molecule has 2 aromatic heterocycles. The van der Waals surface area contributed by atoms with Gasteiger partial charge < -0.3 is 26.0 Å². The van der Waals surface area contributed by atoms with Crippen LogP contribution in [-0.4, -0.2) is 39.7 Å². The second kappa shape index (κ2) is 6.31. The minimum atomic E-state index is -1.08. The first-order valence-electron chi connectivity index (χ1n) is 7.81. The van der Waals surface area contributed by atoms with Crippen LogP contribution in [0, 0.1) is 0 Å². The Balaban J connectivity index is 2.26. The number of amides is 2. The number of nitrogens with one attached hydrogen (secondary N) is 2. The van der Waals surface area contributed by atoms with E-state index >= 15 is 0 Å². The van der Waals surface area contributed by atoms with E-state index in [4.69, 9.17) is 10.8 Å². The van der Waals surface area contributed by atoms with E-state index in [0.717, 1.165) is 16.3 Å². The Kier molecular flexibility index (Phi) is 4.18. The van der Waals surface area contributed by atoms with E-state index in [1.807, 2.05) is 28.8 Å². The number of para-hydroxylation sites is 1. The van der Waals surface area contributed by atoms with Crippen LogP contribution in [0.4, 0.5) is 10.6 Å². The predicted molar refractivity (Wildman–Crippen MR) is 95.9 cm³/mol. The minimum absolute atomic E-state index is 0.313. The highest BCUT2D eigenvalue weighted by molar-refractivity contribution is 6.10. The number of hydrogen-bond donors (Lipinski definition) is 4. The fourth-order valence-corrected chi connectivity index (χ4v) is 3.05. The molecular weight excluding hydrogens is 322 g/mol. The molecule has 2 heterocycles. The van der Waals surface area contributed by atoms with Crippen molar-refractivity contribution in [2.45, 2.75) is 19.5 Å². The van der Waals surface area contributed by atoms with Crippen molar-refractivity contribution in [2.24, 2.45) is 5.73 Å². The van der Waals surface area contributed by atoms with E-state index in [1.165, 1.54) is 0 Å². The minimum Gasteiger partial charge on any atom is -0.465 e. The number of fused-ring (bicyclic) bond motifs is 3. The molecule has 3 rings (SSSR count). The van der Waals surface area contributed by atoms with Gasteiger partial charge in [-0.25, -0.2) is 9.78 Å². The van der Waals surface area contributed by atoms with Gasteiger partial charge in [-0.1, -0.05) is 18.2 Å². The van der Waals surface area contributed by atoms with Crippen molar-refractivity contribution in [3.8, 4) is 0 Å². The van der Waals surface area contributed by atoms with E-state index in [0.29, 0.717) is 23.6 Å². The number of carbonyl (C=O) groups excluding carboxylic acids is 1. The van der Waals surface area contributed by atoms with Crippen molar-refractivity contribution in [1.82, 2.24) is 14.9 Å². The van der Waals surface area contributed by atoms with Crippen molar-refractivity contribution < 1.29 is 14.7 Å². The SMILES string of the molecule is CNc1nc2c(cc1C(N)=O)c1ccccc1n2C[C@H](C)NC(=O)O. The first kappa shape index (κ1) is 16.6. The molecule has 0 fully saturated rings. The number of anilines is 1. The van der Waals surface area contributed by atoms with Crippen molar-refractivity contribution in [3.05, 3.63) is 35.9 Å². The summed E-state index contributed by atoms with van der Waals surface area (Å²) in [5.41, 5.74) is 7.35. The van der Waals surface area contributed by atoms with Gasteiger partial charge in [0.15, 0.2) is 0 Å². The largest absolute Gasteiger partial charge is 0.465 e. The van der Waals surface area contributed by atoms with Gasteiger partial charge in [-0.05, 0) is 19.1 Å². The van der Waals surface area contributed by atoms with E-state index in [-0.39, 0.29) is 6.04 Å². The topological polar surface area (TPSA) is 122 Å². The van der Waals surface area contributed by atoms with Crippen molar-refractivity contribution in [2.75, 3.05) is 12.4 Å². The van der Waals surface area contributed by atoms with Crippen LogP contribution in [0.5, 0.6) is 0 Å². The molecule has 0 saturated carbocycles. The summed E-state index contributed by atoms with van der Waals surface area (Å²) in [6.45, 7) is 2.19. The summed E-state index contributed by atoms with van der Waals surface area (Å²) in [6, 6.07) is 9.10. The zero-order chi connectivity index (χ0) is 18.1. The van der Waals surface area contributed by atoms with E-state index in [2.05, 4.69) is 15.6 Å². The molecule has 1 aromatic carbocycles. The first-order valence-corrected chi connectivity index (χ1v) is 7.81. The van der Waals surface area contributed by atoms with Crippen molar-refractivity contribution in [3.63, 3.8) is 0 Å². The predicted octanol–water partition coefficient (Wildman–Crippen LogP) is 1.99. The molecule has 130 valence electrons. The van der Waals surface area contributed by atoms with Gasteiger partial charge >= 0.3 is 6.09 Å². The Labute approximate surface area is 143 Å². The van der Waals surface area contributed by atoms with Crippen LogP contribution in [0.15, 0.2) is 30.3 Å². The summed E-state index contributed by atoms with van der Waals surface area (Å²) in [7, 11) is 1.67. The number of rotatable bonds is 5. The molecule has 0 aliphatic heterocycles. The van der Waals surface area contributed by atoms with Crippen LogP contribution in [0.25, 0.3) is 21.9 Å². The lowest BCUT2D eigenvalue weighted by molar-refractivity contribution is 0.100. The fraction of sp³-hybridized carbons (Fsp3) is 0.235. The summed E-state index contributed by atoms with van der Waals surface area (Å²) >= 11 is 0. The van der Waals surface area contributed by atoms with Crippen LogP contribution in [0.1, 0.15) is 17.3 Å². The van der Waals surface area contributed by atoms with Crippen LogP contribution in [-0.2, 0) is 6.54 Å². The van der Waals surface area contributed by atoms with E-state index in [1.54, 1.807) is 20.0 Å². The third-order valence-electron chi connectivity index (χ3n) is 4.07. The van der Waals surface area contributed by atoms with Crippen molar-refractivity contribution >= 4 is 39.8 Å². The highest BCUT2D eigenvalue weighted by Crippen LogP contribution is 2.30. The molecule has 25 heavy (non-hydrogen) atoms. The standard InChI is InChI=1S/C17H19N5O3/c1-9(20-17(24)25)8-22-13-6-4-3-5-10(13)11-7-12(14(18)23)15(19-2)21-16(11)22/h3-7,9,20H,8H2,1-2H3,(H2,18,23)(H,19,21)(H,24,25)/t9-/m0/s1. The van der Waals surface area contributed by atoms with Crippen LogP contribution >= 0.6 is 0 Å². The molecule has 3 aromatic rings. The monoisotopic (exact) mass is 341 g/mol. The number of carboxylic acid groups (broad SMARTS) is 1. The Hall–Kier alpha value is -3.29. The second-order valence-electron chi connectivity index (χ2n) is 5.85. The summed E-state index contributed by atoms with van der Waals surface area (Å²) in [6.07, 6.45) is -1.08. The molecule has 0 bridgehead atoms. The molecule has 8 nitrogen and oxygen atoms in total. The van der Waals surface area contributed by atoms with Gasteiger partial charge in [-0.15, -0.1) is 0 Å². The molecular formula is C17H19N5O3. The normalized spacial score (nSPS) is 12.2. The number of nitrogens with two attached hydrogens (primary N) is 1. The lowest BCUT2D eigenvalue weighted by atomic mass is 10.1. The quantitative estimate of drug-likeness (QED) is 0.565. The number of aromatic nitrogens is 2. The zero-order valence-corrected chi connectivity index (χ0v) is 13.9. The Morgan fingerprint density at radius 2 is 2.04 bits per heavy atom. The lowest BCUT2D eigenvalue weighted by Crippen LogP contribution is -2.34. The number of carbonyl (C=O) groups is 2. The average molecular weight is 341 g/mol. The number of hydrogen-bond acceptors (Lipinski definition) is 4. The molecule has 0 unspecified atom stereocenters. The Morgan fingerprint density at radius 1 is 1.32 bits per heavy atom. The molecule has 0 spiro atoms. The van der Waals surface area contributed by atoms with Gasteiger partial charge in [0, 0.05) is 30.4 Å². The third kappa shape index (κ3) is 2.93. The zero-order valence-electron chi connectivity index (χ0n) is 13.9. The summed E-state index contributed by atoms with van der Waals surface area (Å²) < 4.78 is 1.94. The summed E-state index contributed by atoms with van der Waals surface area (Å²) in [5, 5.41) is 16.0. The Morgan fingerprint density at radius 3 is 2.68 bits per heavy atom. The second-order valence-corrected chi connectivity index (χ2v) is 5.85. The van der Waals surface area contributed by atoms with Gasteiger partial charge in [0.05, 0.1) is 11.1 Å². The maximum absolute atomic E-state index is 11.7. The van der Waals surface area contributed by atoms with Gasteiger partial charge in [0.25, 0.3) is 5.91 Å². The average Bonchev–Trinajstić information content (AvgIpc) is 2.86. The summed E-state index contributed by atoms with van der Waals surface area (Å²) in [5.74, 6) is -0.167. The van der Waals surface area contributed by atoms with E-state index in [9.17, 15) is 9.59 Å². The van der Waals surface area contributed by atoms with Gasteiger partial charge in [0.1, 0.15) is 11.5 Å². The molecule has 2 amide bonds. The van der Waals surface area contributed by atoms with E-state index < -0.39 is 12.0 Å². The Bertz CT molecular complexity index is 979. The third-order valence-corrected chi connectivity index (χ3v) is 4.07. The maximum Gasteiger partial charge on any atom is 0.404 e. The highest BCUT2D eigenvalue weighted by Gasteiger charge is 2.18. The van der Waals surface area contributed by atoms with Gasteiger partial charge in [0.2, 0.25) is 0 Å². The molecule has 0 radical (unpaired) electrons. The van der Waals surface area contributed by atoms with Gasteiger partial charge in [-0.3, -0.25) is 4.79 Å². The van der Waals surface area contributed by atoms with Crippen LogP contribution in [0.2, 0.25) is 0 Å². The van der Waals surface area contributed by atoms with Gasteiger partial charge in [-0.2, -0.15) is 0 Å². The number of primary amides is 1. The molecule has 0 aliphatic rings. The van der Waals surface area contributed by atoms with Crippen molar-refractivity contribution in [1.29, 1.82) is 0 Å². The first-order chi connectivity index (χ1) is 11.9.